The van der Waals surface area contributed by atoms with Gasteiger partial charge in [-0.2, -0.15) is 0 Å². The topological polar surface area (TPSA) is 113 Å². The summed E-state index contributed by atoms with van der Waals surface area (Å²) in [5, 5.41) is 22.2. The first-order chi connectivity index (χ1) is 18.3. The van der Waals surface area contributed by atoms with Gasteiger partial charge in [-0.3, -0.25) is 14.5 Å². The van der Waals surface area contributed by atoms with Gasteiger partial charge in [0.05, 0.1) is 33.4 Å². The van der Waals surface area contributed by atoms with E-state index in [-0.39, 0.29) is 32.4 Å². The number of aromatic hydroxyl groups is 1. The van der Waals surface area contributed by atoms with Gasteiger partial charge in [-0.25, -0.2) is 9.37 Å². The summed E-state index contributed by atoms with van der Waals surface area (Å²) in [6.07, 6.45) is 0. The Morgan fingerprint density at radius 1 is 1.16 bits per heavy atom. The Kier molecular flexibility index (Phi) is 5.69. The summed E-state index contributed by atoms with van der Waals surface area (Å²) in [6.45, 7) is 0. The minimum absolute atomic E-state index is 0.0661. The van der Waals surface area contributed by atoms with Gasteiger partial charge in [-0.1, -0.05) is 29.5 Å². The number of carbonyl (C=O) groups excluding carboxylic acids is 2. The zero-order valence-electron chi connectivity index (χ0n) is 19.4. The second-order valence-electron chi connectivity index (χ2n) is 8.48. The van der Waals surface area contributed by atoms with Crippen molar-refractivity contribution < 1.29 is 33.3 Å². The molecule has 0 saturated heterocycles. The van der Waals surface area contributed by atoms with E-state index in [1.165, 1.54) is 48.4 Å². The third-order valence-corrected chi connectivity index (χ3v) is 7.86. The summed E-state index contributed by atoms with van der Waals surface area (Å²) in [4.78, 5) is 32.9. The van der Waals surface area contributed by atoms with Crippen LogP contribution in [0, 0.1) is 5.82 Å². The number of para-hydroxylation sites is 1. The van der Waals surface area contributed by atoms with Gasteiger partial charge in [0.1, 0.15) is 11.4 Å². The first kappa shape index (κ1) is 24.1. The average molecular weight is 595 g/mol. The minimum Gasteiger partial charge on any atom is -0.503 e. The van der Waals surface area contributed by atoms with Gasteiger partial charge in [0.25, 0.3) is 5.91 Å². The Morgan fingerprint density at radius 2 is 1.95 bits per heavy atom. The number of aliphatic hydroxyl groups excluding tert-OH is 1. The van der Waals surface area contributed by atoms with Crippen LogP contribution in [-0.2, 0) is 4.79 Å². The van der Waals surface area contributed by atoms with Crippen molar-refractivity contribution in [3.63, 3.8) is 0 Å². The van der Waals surface area contributed by atoms with E-state index in [9.17, 15) is 24.2 Å². The number of anilines is 1. The summed E-state index contributed by atoms with van der Waals surface area (Å²) in [5.41, 5.74) is 1.02. The number of hydrogen-bond donors (Lipinski definition) is 2. The second kappa shape index (κ2) is 8.96. The van der Waals surface area contributed by atoms with E-state index in [1.807, 2.05) is 0 Å². The number of carbonyl (C=O) groups is 2. The fraction of sp³-hybridized carbons (Fsp3) is 0.0741. The monoisotopic (exact) mass is 594 g/mol. The van der Waals surface area contributed by atoms with Crippen molar-refractivity contribution in [3.8, 4) is 11.5 Å². The third kappa shape index (κ3) is 3.74. The smallest absolute Gasteiger partial charge is 0.296 e. The number of aliphatic hydroxyl groups is 1. The van der Waals surface area contributed by atoms with Gasteiger partial charge in [-0.05, 0) is 64.0 Å². The van der Waals surface area contributed by atoms with Crippen molar-refractivity contribution in [1.29, 1.82) is 0 Å². The van der Waals surface area contributed by atoms with Crippen LogP contribution in [0.15, 0.2) is 80.9 Å². The second-order valence-corrected chi connectivity index (χ2v) is 10.3. The van der Waals surface area contributed by atoms with Crippen LogP contribution in [0.4, 0.5) is 9.52 Å². The number of phenols is 1. The lowest BCUT2D eigenvalue weighted by Crippen LogP contribution is -2.31. The number of benzene rings is 3. The van der Waals surface area contributed by atoms with E-state index in [1.54, 1.807) is 24.3 Å². The van der Waals surface area contributed by atoms with E-state index in [0.717, 1.165) is 11.3 Å². The number of rotatable bonds is 5. The Labute approximate surface area is 226 Å². The van der Waals surface area contributed by atoms with Gasteiger partial charge in [0.2, 0.25) is 5.78 Å². The lowest BCUT2D eigenvalue weighted by molar-refractivity contribution is -0.117. The number of thiazole rings is 1. The Hall–Kier alpha value is -4.22. The molecular formula is C27H16BrFN2O6S. The highest BCUT2D eigenvalue weighted by atomic mass is 79.9. The van der Waals surface area contributed by atoms with Crippen molar-refractivity contribution in [2.45, 2.75) is 6.04 Å². The van der Waals surface area contributed by atoms with Gasteiger partial charge in [0.15, 0.2) is 28.1 Å². The Bertz CT molecular complexity index is 1790. The van der Waals surface area contributed by atoms with Crippen LogP contribution in [-0.4, -0.2) is 34.0 Å². The Morgan fingerprint density at radius 3 is 2.71 bits per heavy atom. The quantitative estimate of drug-likeness (QED) is 0.225. The molecule has 0 bridgehead atoms. The third-order valence-electron chi connectivity index (χ3n) is 6.23. The zero-order chi connectivity index (χ0) is 26.7. The van der Waals surface area contributed by atoms with Crippen molar-refractivity contribution in [2.24, 2.45) is 0 Å². The zero-order valence-corrected chi connectivity index (χ0v) is 21.8. The van der Waals surface area contributed by atoms with E-state index in [2.05, 4.69) is 20.9 Å². The van der Waals surface area contributed by atoms with Crippen LogP contribution in [0.5, 0.6) is 11.5 Å². The number of Topliss-reactive ketones (excluding diaryl/α,β-unsaturated/α-hetero) is 1. The maximum atomic E-state index is 13.9. The van der Waals surface area contributed by atoms with Gasteiger partial charge >= 0.3 is 0 Å². The van der Waals surface area contributed by atoms with E-state index >= 15 is 0 Å². The number of ketones is 1. The van der Waals surface area contributed by atoms with Crippen LogP contribution in [0.1, 0.15) is 22.2 Å². The lowest BCUT2D eigenvalue weighted by Gasteiger charge is -2.25. The molecule has 5 aromatic rings. The number of ether oxygens (including phenoxy) is 1. The highest BCUT2D eigenvalue weighted by molar-refractivity contribution is 9.10. The van der Waals surface area contributed by atoms with Crippen molar-refractivity contribution in [2.75, 3.05) is 12.0 Å². The molecule has 0 fully saturated rings. The number of furan rings is 1. The number of aromatic nitrogens is 1. The first-order valence-electron chi connectivity index (χ1n) is 11.2. The fourth-order valence-corrected chi connectivity index (χ4v) is 5.95. The molecule has 1 aliphatic rings. The molecule has 0 aliphatic carbocycles. The molecule has 1 unspecified atom stereocenters. The molecule has 1 amide bonds. The molecule has 11 heteroatoms. The molecule has 6 rings (SSSR count). The van der Waals surface area contributed by atoms with Gasteiger partial charge in [0, 0.05) is 5.39 Å². The van der Waals surface area contributed by atoms with E-state index in [0.29, 0.717) is 26.7 Å². The molecular weight excluding hydrogens is 579 g/mol. The standard InChI is InChI=1S/C27H16BrFN2O6S/c1-36-18-10-13(8-15(28)23(18)32)22-21(24(33)19-9-12-4-2-3-5-17(12)37-19)25(34)26(35)31(22)27-30-16-7-6-14(29)11-20(16)38-27/h2-11,22,32,34H,1H3. The van der Waals surface area contributed by atoms with Crippen LogP contribution in [0.3, 0.4) is 0 Å². The molecule has 2 aromatic heterocycles. The van der Waals surface area contributed by atoms with Crippen LogP contribution in [0.25, 0.3) is 21.2 Å². The summed E-state index contributed by atoms with van der Waals surface area (Å²) in [7, 11) is 1.36. The molecule has 0 saturated carbocycles. The maximum absolute atomic E-state index is 13.9. The number of halogens is 2. The van der Waals surface area contributed by atoms with Crippen molar-refractivity contribution in [3.05, 3.63) is 93.6 Å². The predicted octanol–water partition coefficient (Wildman–Crippen LogP) is 6.44. The Balaban J connectivity index is 1.55. The molecule has 3 aromatic carbocycles. The maximum Gasteiger partial charge on any atom is 0.296 e. The molecule has 3 heterocycles. The lowest BCUT2D eigenvalue weighted by atomic mass is 9.95. The molecule has 38 heavy (non-hydrogen) atoms. The number of fused-ring (bicyclic) bond motifs is 2. The number of amides is 1. The molecule has 190 valence electrons. The number of phenolic OH excluding ortho intramolecular Hbond substituents is 1. The van der Waals surface area contributed by atoms with E-state index in [4.69, 9.17) is 9.15 Å². The van der Waals surface area contributed by atoms with Crippen LogP contribution >= 0.6 is 27.3 Å². The van der Waals surface area contributed by atoms with Gasteiger partial charge < -0.3 is 19.4 Å². The first-order valence-corrected chi connectivity index (χ1v) is 12.8. The van der Waals surface area contributed by atoms with Crippen molar-refractivity contribution >= 4 is 65.3 Å². The summed E-state index contributed by atoms with van der Waals surface area (Å²) in [5.74, 6) is -2.97. The SMILES string of the molecule is COc1cc(C2C(C(=O)c3cc4ccccc4o3)=C(O)C(=O)N2c2nc3ccc(F)cc3s2)cc(Br)c1O. The highest BCUT2D eigenvalue weighted by Crippen LogP contribution is 2.47. The number of methoxy groups -OCH3 is 1. The van der Waals surface area contributed by atoms with Crippen LogP contribution < -0.4 is 9.64 Å². The minimum atomic E-state index is -1.17. The largest absolute Gasteiger partial charge is 0.503 e. The van der Waals surface area contributed by atoms with Crippen LogP contribution in [0.2, 0.25) is 0 Å². The summed E-state index contributed by atoms with van der Waals surface area (Å²) in [6, 6.07) is 14.4. The molecule has 0 spiro atoms. The molecule has 1 aliphatic heterocycles. The number of hydrogen-bond acceptors (Lipinski definition) is 8. The highest BCUT2D eigenvalue weighted by Gasteiger charge is 2.47. The van der Waals surface area contributed by atoms with Crippen molar-refractivity contribution in [1.82, 2.24) is 4.98 Å². The average Bonchev–Trinajstić information content (AvgIpc) is 3.59. The summed E-state index contributed by atoms with van der Waals surface area (Å²) < 4.78 is 25.6. The molecule has 0 radical (unpaired) electrons. The fourth-order valence-electron chi connectivity index (χ4n) is 4.47. The molecule has 8 nitrogen and oxygen atoms in total. The number of nitrogens with zero attached hydrogens (tertiary/aromatic N) is 2. The van der Waals surface area contributed by atoms with Gasteiger partial charge in [-0.15, -0.1) is 0 Å². The normalized spacial score (nSPS) is 15.7. The predicted molar refractivity (Wildman–Crippen MR) is 142 cm³/mol. The van der Waals surface area contributed by atoms with E-state index < -0.39 is 29.3 Å². The molecule has 2 N–H and O–H groups in total. The molecule has 1 atom stereocenters. The summed E-state index contributed by atoms with van der Waals surface area (Å²) >= 11 is 4.32.